The maximum Gasteiger partial charge on any atom is 0.317 e. The second kappa shape index (κ2) is 7.33. The van der Waals surface area contributed by atoms with Crippen molar-refractivity contribution in [2.45, 2.75) is 39.5 Å². The van der Waals surface area contributed by atoms with Crippen LogP contribution >= 0.6 is 0 Å². The molecule has 0 atom stereocenters. The zero-order valence-corrected chi connectivity index (χ0v) is 16.6. The predicted octanol–water partition coefficient (Wildman–Crippen LogP) is 2.37. The van der Waals surface area contributed by atoms with E-state index in [0.29, 0.717) is 37.6 Å². The summed E-state index contributed by atoms with van der Waals surface area (Å²) in [7, 11) is -3.52. The third-order valence-corrected chi connectivity index (χ3v) is 6.30. The lowest BCUT2D eigenvalue weighted by Gasteiger charge is -2.34. The molecule has 0 aliphatic carbocycles. The molecule has 2 amide bonds. The number of nitrogens with one attached hydrogen (secondary N) is 1. The summed E-state index contributed by atoms with van der Waals surface area (Å²) in [6, 6.07) is 5.33. The Morgan fingerprint density at radius 1 is 1.12 bits per heavy atom. The molecule has 7 heteroatoms. The number of piperazine rings is 1. The molecular formula is C18H29N3O3S. The van der Waals surface area contributed by atoms with Crippen molar-refractivity contribution in [3.8, 4) is 0 Å². The molecule has 1 aliphatic heterocycles. The molecule has 1 aliphatic rings. The number of carbonyl (C=O) groups excluding carboxylic acids is 1. The van der Waals surface area contributed by atoms with Gasteiger partial charge in [-0.25, -0.2) is 13.2 Å². The molecule has 1 aromatic carbocycles. The quantitative estimate of drug-likeness (QED) is 0.892. The third-order valence-electron chi connectivity index (χ3n) is 4.26. The van der Waals surface area contributed by atoms with Crippen molar-refractivity contribution in [3.05, 3.63) is 29.3 Å². The van der Waals surface area contributed by atoms with Crippen LogP contribution in [0.1, 0.15) is 31.9 Å². The lowest BCUT2D eigenvalue weighted by atomic mass is 9.97. The van der Waals surface area contributed by atoms with E-state index in [4.69, 9.17) is 0 Å². The molecule has 0 unspecified atom stereocenters. The van der Waals surface area contributed by atoms with Gasteiger partial charge in [-0.3, -0.25) is 0 Å². The zero-order valence-electron chi connectivity index (χ0n) is 15.8. The van der Waals surface area contributed by atoms with E-state index in [-0.39, 0.29) is 11.4 Å². The molecule has 0 aromatic heterocycles. The standard InChI is InChI=1S/C18H29N3O3S/c1-14-6-7-15(2)16(12-14)25(23,24)21-10-8-20(9-11-21)17(22)19-13-18(3,4)5/h6-7,12H,8-11,13H2,1-5H3,(H,19,22). The van der Waals surface area contributed by atoms with E-state index in [9.17, 15) is 13.2 Å². The zero-order chi connectivity index (χ0) is 18.8. The summed E-state index contributed by atoms with van der Waals surface area (Å²) in [5.74, 6) is 0. The molecule has 1 saturated heterocycles. The molecule has 0 bridgehead atoms. The average molecular weight is 368 g/mol. The Balaban J connectivity index is 2.02. The summed E-state index contributed by atoms with van der Waals surface area (Å²) >= 11 is 0. The fraction of sp³-hybridized carbons (Fsp3) is 0.611. The number of benzene rings is 1. The first kappa shape index (κ1) is 19.7. The number of sulfonamides is 1. The van der Waals surface area contributed by atoms with Gasteiger partial charge in [0, 0.05) is 32.7 Å². The normalized spacial score (nSPS) is 16.8. The highest BCUT2D eigenvalue weighted by Gasteiger charge is 2.31. The first-order valence-corrected chi connectivity index (χ1v) is 10.0. The van der Waals surface area contributed by atoms with Crippen LogP contribution in [0.5, 0.6) is 0 Å². The smallest absolute Gasteiger partial charge is 0.317 e. The summed E-state index contributed by atoms with van der Waals surface area (Å²) in [4.78, 5) is 14.3. The highest BCUT2D eigenvalue weighted by molar-refractivity contribution is 7.89. The van der Waals surface area contributed by atoms with Gasteiger partial charge in [-0.15, -0.1) is 0 Å². The fourth-order valence-electron chi connectivity index (χ4n) is 2.71. The lowest BCUT2D eigenvalue weighted by Crippen LogP contribution is -2.53. The van der Waals surface area contributed by atoms with Gasteiger partial charge in [-0.05, 0) is 36.5 Å². The molecule has 1 N–H and O–H groups in total. The van der Waals surface area contributed by atoms with Crippen LogP contribution < -0.4 is 5.32 Å². The van der Waals surface area contributed by atoms with Crippen molar-refractivity contribution in [1.29, 1.82) is 0 Å². The van der Waals surface area contributed by atoms with Gasteiger partial charge in [0.2, 0.25) is 10.0 Å². The summed E-state index contributed by atoms with van der Waals surface area (Å²) in [5.41, 5.74) is 1.68. The maximum absolute atomic E-state index is 12.9. The van der Waals surface area contributed by atoms with Gasteiger partial charge in [-0.1, -0.05) is 32.9 Å². The predicted molar refractivity (Wildman–Crippen MR) is 99.1 cm³/mol. The average Bonchev–Trinajstić information content (AvgIpc) is 2.54. The molecular weight excluding hydrogens is 338 g/mol. The molecule has 0 spiro atoms. The lowest BCUT2D eigenvalue weighted by molar-refractivity contribution is 0.169. The largest absolute Gasteiger partial charge is 0.337 e. The number of rotatable bonds is 3. The van der Waals surface area contributed by atoms with Crippen molar-refractivity contribution in [2.24, 2.45) is 5.41 Å². The first-order chi connectivity index (χ1) is 11.5. The van der Waals surface area contributed by atoms with E-state index in [1.54, 1.807) is 11.0 Å². The highest BCUT2D eigenvalue weighted by Crippen LogP contribution is 2.22. The molecule has 25 heavy (non-hydrogen) atoms. The van der Waals surface area contributed by atoms with E-state index in [1.165, 1.54) is 4.31 Å². The maximum atomic E-state index is 12.9. The van der Waals surface area contributed by atoms with Crippen molar-refractivity contribution < 1.29 is 13.2 Å². The first-order valence-electron chi connectivity index (χ1n) is 8.61. The van der Waals surface area contributed by atoms with Crippen LogP contribution in [0.4, 0.5) is 4.79 Å². The Labute approximate surface area is 151 Å². The van der Waals surface area contributed by atoms with Crippen LogP contribution in [0.3, 0.4) is 0 Å². The summed E-state index contributed by atoms with van der Waals surface area (Å²) < 4.78 is 27.3. The van der Waals surface area contributed by atoms with Crippen LogP contribution in [0.15, 0.2) is 23.1 Å². The third kappa shape index (κ3) is 4.95. The van der Waals surface area contributed by atoms with E-state index in [1.807, 2.05) is 26.0 Å². The van der Waals surface area contributed by atoms with Gasteiger partial charge in [-0.2, -0.15) is 4.31 Å². The Kier molecular flexibility index (Phi) is 5.79. The van der Waals surface area contributed by atoms with Gasteiger partial charge in [0.05, 0.1) is 4.90 Å². The molecule has 140 valence electrons. The van der Waals surface area contributed by atoms with Crippen molar-refractivity contribution in [3.63, 3.8) is 0 Å². The second-order valence-corrected chi connectivity index (χ2v) is 9.79. The summed E-state index contributed by atoms with van der Waals surface area (Å²) in [6.45, 7) is 11.9. The van der Waals surface area contributed by atoms with Crippen molar-refractivity contribution in [1.82, 2.24) is 14.5 Å². The molecule has 2 rings (SSSR count). The molecule has 0 saturated carbocycles. The van der Waals surface area contributed by atoms with E-state index in [2.05, 4.69) is 26.1 Å². The van der Waals surface area contributed by atoms with Crippen LogP contribution in [0.25, 0.3) is 0 Å². The van der Waals surface area contributed by atoms with Crippen LogP contribution in [0, 0.1) is 19.3 Å². The Morgan fingerprint density at radius 2 is 1.72 bits per heavy atom. The number of carbonyl (C=O) groups is 1. The van der Waals surface area contributed by atoms with E-state index >= 15 is 0 Å². The van der Waals surface area contributed by atoms with Gasteiger partial charge >= 0.3 is 6.03 Å². The molecule has 6 nitrogen and oxygen atoms in total. The van der Waals surface area contributed by atoms with E-state index < -0.39 is 10.0 Å². The number of hydrogen-bond donors (Lipinski definition) is 1. The fourth-order valence-corrected chi connectivity index (χ4v) is 4.44. The number of amides is 2. The molecule has 0 radical (unpaired) electrons. The van der Waals surface area contributed by atoms with Gasteiger partial charge in [0.15, 0.2) is 0 Å². The Hall–Kier alpha value is -1.60. The molecule has 1 heterocycles. The minimum absolute atomic E-state index is 0.0174. The van der Waals surface area contributed by atoms with Crippen LogP contribution in [-0.2, 0) is 10.0 Å². The van der Waals surface area contributed by atoms with Crippen LogP contribution in [0.2, 0.25) is 0 Å². The van der Waals surface area contributed by atoms with Gasteiger partial charge in [0.25, 0.3) is 0 Å². The molecule has 1 aromatic rings. The van der Waals surface area contributed by atoms with Crippen molar-refractivity contribution in [2.75, 3.05) is 32.7 Å². The van der Waals surface area contributed by atoms with Crippen molar-refractivity contribution >= 4 is 16.1 Å². The van der Waals surface area contributed by atoms with Gasteiger partial charge in [0.1, 0.15) is 0 Å². The number of nitrogens with zero attached hydrogens (tertiary/aromatic N) is 2. The Morgan fingerprint density at radius 3 is 2.28 bits per heavy atom. The number of aryl methyl sites for hydroxylation is 2. The SMILES string of the molecule is Cc1ccc(C)c(S(=O)(=O)N2CCN(C(=O)NCC(C)(C)C)CC2)c1. The van der Waals surface area contributed by atoms with Gasteiger partial charge < -0.3 is 10.2 Å². The minimum Gasteiger partial charge on any atom is -0.337 e. The van der Waals surface area contributed by atoms with E-state index in [0.717, 1.165) is 11.1 Å². The Bertz CT molecular complexity index is 730. The topological polar surface area (TPSA) is 69.7 Å². The summed E-state index contributed by atoms with van der Waals surface area (Å²) in [5, 5.41) is 2.91. The monoisotopic (exact) mass is 367 g/mol. The second-order valence-electron chi connectivity index (χ2n) is 7.88. The van der Waals surface area contributed by atoms with Crippen LogP contribution in [-0.4, -0.2) is 56.4 Å². The molecule has 1 fully saturated rings. The number of hydrogen-bond acceptors (Lipinski definition) is 3. The highest BCUT2D eigenvalue weighted by atomic mass is 32.2. The number of urea groups is 1. The minimum atomic E-state index is -3.52. The summed E-state index contributed by atoms with van der Waals surface area (Å²) in [6.07, 6.45) is 0.